The molecule has 102 valence electrons. The van der Waals surface area contributed by atoms with Gasteiger partial charge in [0.2, 0.25) is 10.0 Å². The van der Waals surface area contributed by atoms with Crippen LogP contribution in [0.15, 0.2) is 29.2 Å². The molecule has 0 amide bonds. The van der Waals surface area contributed by atoms with E-state index in [1.54, 1.807) is 18.2 Å². The number of rotatable bonds is 6. The average molecular weight is 271 g/mol. The molecule has 0 fully saturated rings. The van der Waals surface area contributed by atoms with Gasteiger partial charge in [0.1, 0.15) is 0 Å². The first kappa shape index (κ1) is 15.1. The van der Waals surface area contributed by atoms with Gasteiger partial charge in [-0.1, -0.05) is 32.0 Å². The van der Waals surface area contributed by atoms with Gasteiger partial charge >= 0.3 is 0 Å². The van der Waals surface area contributed by atoms with Crippen LogP contribution in [0.4, 0.5) is 0 Å². The van der Waals surface area contributed by atoms with Gasteiger partial charge in [-0.2, -0.15) is 0 Å². The molecule has 0 bridgehead atoms. The van der Waals surface area contributed by atoms with Gasteiger partial charge in [-0.25, -0.2) is 13.1 Å². The summed E-state index contributed by atoms with van der Waals surface area (Å²) in [7, 11) is -3.59. The zero-order valence-electron chi connectivity index (χ0n) is 11.1. The molecule has 1 aromatic rings. The van der Waals surface area contributed by atoms with Crippen molar-refractivity contribution in [3.63, 3.8) is 0 Å². The van der Waals surface area contributed by atoms with Crippen molar-refractivity contribution in [3.8, 4) is 0 Å². The van der Waals surface area contributed by atoms with Crippen molar-refractivity contribution in [2.24, 2.45) is 0 Å². The average Bonchev–Trinajstić information content (AvgIpc) is 2.38. The second-order valence-electron chi connectivity index (χ2n) is 4.64. The van der Waals surface area contributed by atoms with Crippen molar-refractivity contribution in [1.82, 2.24) is 4.72 Å². The van der Waals surface area contributed by atoms with E-state index in [1.165, 1.54) is 6.07 Å². The highest BCUT2D eigenvalue weighted by Gasteiger charge is 2.28. The van der Waals surface area contributed by atoms with Gasteiger partial charge in [-0.05, 0) is 31.4 Å². The summed E-state index contributed by atoms with van der Waals surface area (Å²) >= 11 is 0. The van der Waals surface area contributed by atoms with E-state index >= 15 is 0 Å². The standard InChI is InChI=1S/C13H21NO3S/c1-4-13(3,5-2)14-18(16,17)12-9-7-6-8-11(12)10-15/h6-9,14-15H,4-5,10H2,1-3H3. The topological polar surface area (TPSA) is 66.4 Å². The van der Waals surface area contributed by atoms with Crippen LogP contribution < -0.4 is 4.72 Å². The molecule has 0 unspecified atom stereocenters. The highest BCUT2D eigenvalue weighted by atomic mass is 32.2. The number of hydrogen-bond acceptors (Lipinski definition) is 3. The molecule has 5 heteroatoms. The Labute approximate surface area is 109 Å². The van der Waals surface area contributed by atoms with Crippen LogP contribution in [-0.2, 0) is 16.6 Å². The number of aliphatic hydroxyl groups excluding tert-OH is 1. The summed E-state index contributed by atoms with van der Waals surface area (Å²) in [5.41, 5.74) is -0.0407. The van der Waals surface area contributed by atoms with Crippen LogP contribution in [0.3, 0.4) is 0 Å². The monoisotopic (exact) mass is 271 g/mol. The van der Waals surface area contributed by atoms with E-state index in [2.05, 4.69) is 4.72 Å². The molecular formula is C13H21NO3S. The van der Waals surface area contributed by atoms with Crippen LogP contribution in [0.2, 0.25) is 0 Å². The maximum atomic E-state index is 12.3. The van der Waals surface area contributed by atoms with Crippen molar-refractivity contribution in [2.75, 3.05) is 0 Å². The Balaban J connectivity index is 3.14. The van der Waals surface area contributed by atoms with Crippen molar-refractivity contribution >= 4 is 10.0 Å². The largest absolute Gasteiger partial charge is 0.392 e. The fourth-order valence-corrected chi connectivity index (χ4v) is 3.45. The van der Waals surface area contributed by atoms with Crippen molar-refractivity contribution in [1.29, 1.82) is 0 Å². The summed E-state index contributed by atoms with van der Waals surface area (Å²) in [6.07, 6.45) is 1.42. The van der Waals surface area contributed by atoms with Gasteiger partial charge in [-0.15, -0.1) is 0 Å². The Bertz CT molecular complexity index is 493. The molecule has 2 N–H and O–H groups in total. The molecule has 0 spiro atoms. The van der Waals surface area contributed by atoms with E-state index in [1.807, 2.05) is 20.8 Å². The van der Waals surface area contributed by atoms with Gasteiger partial charge in [0.15, 0.2) is 0 Å². The Morgan fingerprint density at radius 1 is 1.22 bits per heavy atom. The molecule has 18 heavy (non-hydrogen) atoms. The second-order valence-corrected chi connectivity index (χ2v) is 6.29. The van der Waals surface area contributed by atoms with Crippen LogP contribution in [-0.4, -0.2) is 19.1 Å². The Hall–Kier alpha value is -0.910. The first-order valence-corrected chi connectivity index (χ1v) is 7.59. The molecule has 0 atom stereocenters. The molecule has 0 aliphatic rings. The first-order valence-electron chi connectivity index (χ1n) is 6.11. The van der Waals surface area contributed by atoms with Crippen molar-refractivity contribution in [2.45, 2.75) is 50.7 Å². The quantitative estimate of drug-likeness (QED) is 0.832. The predicted octanol–water partition coefficient (Wildman–Crippen LogP) is 2.04. The zero-order chi connectivity index (χ0) is 13.8. The number of benzene rings is 1. The zero-order valence-corrected chi connectivity index (χ0v) is 11.9. The highest BCUT2D eigenvalue weighted by molar-refractivity contribution is 7.89. The summed E-state index contributed by atoms with van der Waals surface area (Å²) in [6, 6.07) is 6.50. The Kier molecular flexibility index (Phi) is 4.90. The molecular weight excluding hydrogens is 250 g/mol. The van der Waals surface area contributed by atoms with Gasteiger partial charge in [0, 0.05) is 5.54 Å². The number of nitrogens with one attached hydrogen (secondary N) is 1. The van der Waals surface area contributed by atoms with E-state index in [4.69, 9.17) is 0 Å². The normalized spacial score (nSPS) is 12.7. The van der Waals surface area contributed by atoms with Crippen LogP contribution in [0, 0.1) is 0 Å². The molecule has 4 nitrogen and oxygen atoms in total. The third kappa shape index (κ3) is 3.31. The first-order chi connectivity index (χ1) is 8.38. The van der Waals surface area contributed by atoms with E-state index < -0.39 is 15.6 Å². The molecule has 0 aromatic heterocycles. The maximum absolute atomic E-state index is 12.3. The lowest BCUT2D eigenvalue weighted by atomic mass is 9.98. The van der Waals surface area contributed by atoms with Crippen molar-refractivity contribution in [3.05, 3.63) is 29.8 Å². The Morgan fingerprint density at radius 3 is 2.28 bits per heavy atom. The summed E-state index contributed by atoms with van der Waals surface area (Å²) < 4.78 is 27.4. The Morgan fingerprint density at radius 2 is 1.78 bits per heavy atom. The number of hydrogen-bond donors (Lipinski definition) is 2. The highest BCUT2D eigenvalue weighted by Crippen LogP contribution is 2.21. The van der Waals surface area contributed by atoms with E-state index in [9.17, 15) is 13.5 Å². The fourth-order valence-electron chi connectivity index (χ4n) is 1.67. The second kappa shape index (κ2) is 5.82. The lowest BCUT2D eigenvalue weighted by Crippen LogP contribution is -2.45. The van der Waals surface area contributed by atoms with E-state index in [0.29, 0.717) is 18.4 Å². The number of aliphatic hydroxyl groups is 1. The van der Waals surface area contributed by atoms with Crippen LogP contribution in [0.25, 0.3) is 0 Å². The number of sulfonamides is 1. The minimum absolute atomic E-state index is 0.153. The molecule has 0 heterocycles. The minimum Gasteiger partial charge on any atom is -0.392 e. The predicted molar refractivity (Wildman–Crippen MR) is 71.7 cm³/mol. The third-order valence-electron chi connectivity index (χ3n) is 3.37. The molecule has 0 aliphatic carbocycles. The SMILES string of the molecule is CCC(C)(CC)NS(=O)(=O)c1ccccc1CO. The summed E-state index contributed by atoms with van der Waals surface area (Å²) in [6.45, 7) is 5.49. The molecule has 0 radical (unpaired) electrons. The third-order valence-corrected chi connectivity index (χ3v) is 5.11. The van der Waals surface area contributed by atoms with Crippen LogP contribution in [0.5, 0.6) is 0 Å². The van der Waals surface area contributed by atoms with Crippen LogP contribution in [0.1, 0.15) is 39.2 Å². The maximum Gasteiger partial charge on any atom is 0.241 e. The summed E-state index contributed by atoms with van der Waals surface area (Å²) in [5.74, 6) is 0. The molecule has 0 saturated heterocycles. The van der Waals surface area contributed by atoms with E-state index in [0.717, 1.165) is 0 Å². The van der Waals surface area contributed by atoms with Gasteiger partial charge < -0.3 is 5.11 Å². The molecule has 1 rings (SSSR count). The lowest BCUT2D eigenvalue weighted by molar-refractivity contribution is 0.278. The van der Waals surface area contributed by atoms with Crippen molar-refractivity contribution < 1.29 is 13.5 Å². The lowest BCUT2D eigenvalue weighted by Gasteiger charge is -2.28. The smallest absolute Gasteiger partial charge is 0.241 e. The van der Waals surface area contributed by atoms with Gasteiger partial charge in [0.25, 0.3) is 0 Å². The summed E-state index contributed by atoms with van der Waals surface area (Å²) in [4.78, 5) is 0.153. The molecule has 0 saturated carbocycles. The van der Waals surface area contributed by atoms with Crippen LogP contribution >= 0.6 is 0 Å². The van der Waals surface area contributed by atoms with Gasteiger partial charge in [-0.3, -0.25) is 0 Å². The van der Waals surface area contributed by atoms with Gasteiger partial charge in [0.05, 0.1) is 11.5 Å². The fraction of sp³-hybridized carbons (Fsp3) is 0.538. The minimum atomic E-state index is -3.59. The van der Waals surface area contributed by atoms with E-state index in [-0.39, 0.29) is 11.5 Å². The molecule has 1 aromatic carbocycles. The summed E-state index contributed by atoms with van der Waals surface area (Å²) in [5, 5.41) is 9.20. The molecule has 0 aliphatic heterocycles.